The molecule has 0 saturated carbocycles. The van der Waals surface area contributed by atoms with E-state index in [-0.39, 0.29) is 24.0 Å². The molecule has 3 unspecified atom stereocenters. The summed E-state index contributed by atoms with van der Waals surface area (Å²) in [5.74, 6) is 0.905. The molecule has 1 aromatic rings. The van der Waals surface area contributed by atoms with Crippen LogP contribution in [0.2, 0.25) is 0 Å². The van der Waals surface area contributed by atoms with E-state index in [1.807, 2.05) is 18.4 Å². The van der Waals surface area contributed by atoms with E-state index in [1.54, 1.807) is 10.4 Å². The highest BCUT2D eigenvalue weighted by atomic mass is 127. The van der Waals surface area contributed by atoms with Crippen molar-refractivity contribution in [3.8, 4) is 0 Å². The summed E-state index contributed by atoms with van der Waals surface area (Å²) in [4.78, 5) is 7.41. The maximum absolute atomic E-state index is 5.92. The highest BCUT2D eigenvalue weighted by Crippen LogP contribution is 2.38. The summed E-state index contributed by atoms with van der Waals surface area (Å²) in [5, 5.41) is 7.06. The Hall–Kier alpha value is -0.340. The van der Waals surface area contributed by atoms with E-state index in [1.165, 1.54) is 37.0 Å². The van der Waals surface area contributed by atoms with Gasteiger partial charge in [-0.3, -0.25) is 4.99 Å². The Balaban J connectivity index is 0.00000182. The quantitative estimate of drug-likeness (QED) is 0.397. The van der Waals surface area contributed by atoms with Gasteiger partial charge in [-0.25, -0.2) is 0 Å². The fourth-order valence-corrected chi connectivity index (χ4v) is 5.49. The number of aryl methyl sites for hydroxylation is 1. The molecule has 2 aliphatic heterocycles. The van der Waals surface area contributed by atoms with Gasteiger partial charge >= 0.3 is 0 Å². The van der Waals surface area contributed by atoms with Crippen LogP contribution in [0.15, 0.2) is 11.1 Å². The van der Waals surface area contributed by atoms with Gasteiger partial charge in [0.25, 0.3) is 0 Å². The van der Waals surface area contributed by atoms with Gasteiger partial charge in [-0.2, -0.15) is 0 Å². The molecule has 3 atom stereocenters. The average molecular weight is 475 g/mol. The normalized spacial score (nSPS) is 29.9. The Kier molecular flexibility index (Phi) is 6.00. The number of ether oxygens (including phenoxy) is 1. The molecule has 0 aromatic carbocycles. The molecule has 2 N–H and O–H groups in total. The smallest absolute Gasteiger partial charge is 0.191 e. The van der Waals surface area contributed by atoms with Crippen molar-refractivity contribution in [2.75, 3.05) is 7.05 Å². The summed E-state index contributed by atoms with van der Waals surface area (Å²) in [6.07, 6.45) is 8.15. The number of nitrogens with one attached hydrogen (secondary N) is 2. The van der Waals surface area contributed by atoms with Gasteiger partial charge in [0.15, 0.2) is 5.96 Å². The minimum atomic E-state index is 0. The molecule has 3 aliphatic rings. The first-order chi connectivity index (χ1) is 11.5. The largest absolute Gasteiger partial charge is 0.373 e. The third-order valence-electron chi connectivity index (χ3n) is 5.73. The van der Waals surface area contributed by atoms with E-state index in [2.05, 4.69) is 35.5 Å². The fraction of sp³-hybridized carbons (Fsp3) is 0.737. The van der Waals surface area contributed by atoms with Crippen LogP contribution >= 0.6 is 35.3 Å². The topological polar surface area (TPSA) is 45.7 Å². The summed E-state index contributed by atoms with van der Waals surface area (Å²) in [5.41, 5.74) is 2.02. The zero-order valence-electron chi connectivity index (χ0n) is 15.4. The van der Waals surface area contributed by atoms with Gasteiger partial charge in [-0.05, 0) is 55.6 Å². The first-order valence-corrected chi connectivity index (χ1v) is 10.1. The maximum Gasteiger partial charge on any atom is 0.191 e. The molecule has 3 heterocycles. The molecule has 2 bridgehead atoms. The number of guanidine groups is 1. The van der Waals surface area contributed by atoms with E-state index >= 15 is 0 Å². The van der Waals surface area contributed by atoms with Crippen molar-refractivity contribution < 1.29 is 4.74 Å². The molecule has 0 radical (unpaired) electrons. The zero-order valence-corrected chi connectivity index (χ0v) is 18.6. The predicted octanol–water partition coefficient (Wildman–Crippen LogP) is 3.87. The number of thiophene rings is 1. The van der Waals surface area contributed by atoms with Gasteiger partial charge < -0.3 is 15.4 Å². The van der Waals surface area contributed by atoms with Crippen molar-refractivity contribution in [3.63, 3.8) is 0 Å². The number of hydrogen-bond donors (Lipinski definition) is 2. The Labute approximate surface area is 172 Å². The van der Waals surface area contributed by atoms with Crippen molar-refractivity contribution in [1.82, 2.24) is 10.6 Å². The van der Waals surface area contributed by atoms with E-state index in [0.717, 1.165) is 18.9 Å². The highest BCUT2D eigenvalue weighted by Gasteiger charge is 2.41. The Morgan fingerprint density at radius 3 is 2.92 bits per heavy atom. The minimum Gasteiger partial charge on any atom is -0.373 e. The highest BCUT2D eigenvalue weighted by molar-refractivity contribution is 14.0. The minimum absolute atomic E-state index is 0. The molecule has 140 valence electrons. The summed E-state index contributed by atoms with van der Waals surface area (Å²) in [6, 6.07) is 2.83. The molecule has 4 rings (SSSR count). The van der Waals surface area contributed by atoms with Crippen LogP contribution in [0.4, 0.5) is 0 Å². The molecule has 0 spiro atoms. The maximum atomic E-state index is 5.92. The van der Waals surface area contributed by atoms with E-state index in [0.29, 0.717) is 23.7 Å². The number of aliphatic imine (C=N–C) groups is 1. The Morgan fingerprint density at radius 2 is 2.24 bits per heavy atom. The zero-order chi connectivity index (χ0) is 16.7. The van der Waals surface area contributed by atoms with Crippen molar-refractivity contribution in [2.24, 2.45) is 10.4 Å². The molecule has 6 heteroatoms. The lowest BCUT2D eigenvalue weighted by Crippen LogP contribution is -2.47. The second-order valence-corrected chi connectivity index (χ2v) is 9.51. The van der Waals surface area contributed by atoms with Crippen molar-refractivity contribution in [1.29, 1.82) is 0 Å². The molecule has 2 saturated heterocycles. The molecule has 1 aliphatic carbocycles. The monoisotopic (exact) mass is 475 g/mol. The molecular formula is C19H30IN3OS. The standard InChI is InChI=1S/C19H29N3OS.HI/c1-19(2)7-6-17-12(10-19)8-14(24-17)11-21-18(20-3)22-15-9-13-4-5-16(15)23-13;/h8,13,15-16H,4-7,9-11H2,1-3H3,(H2,20,21,22);1H. The number of rotatable bonds is 3. The third kappa shape index (κ3) is 4.33. The van der Waals surface area contributed by atoms with Crippen LogP contribution in [0.3, 0.4) is 0 Å². The van der Waals surface area contributed by atoms with Crippen LogP contribution in [-0.4, -0.2) is 31.3 Å². The van der Waals surface area contributed by atoms with Gasteiger partial charge in [0.2, 0.25) is 0 Å². The summed E-state index contributed by atoms with van der Waals surface area (Å²) >= 11 is 1.97. The summed E-state index contributed by atoms with van der Waals surface area (Å²) < 4.78 is 5.92. The van der Waals surface area contributed by atoms with Gasteiger partial charge in [0, 0.05) is 16.8 Å². The second-order valence-electron chi connectivity index (χ2n) is 8.29. The molecule has 25 heavy (non-hydrogen) atoms. The lowest BCUT2D eigenvalue weighted by atomic mass is 9.77. The van der Waals surface area contributed by atoms with E-state index in [4.69, 9.17) is 4.74 Å². The van der Waals surface area contributed by atoms with Crippen LogP contribution in [-0.2, 0) is 24.1 Å². The fourth-order valence-electron chi connectivity index (χ4n) is 4.36. The SMILES string of the molecule is CN=C(NCc1cc2c(s1)CCC(C)(C)C2)NC1CC2CCC1O2.I. The first-order valence-electron chi connectivity index (χ1n) is 9.25. The van der Waals surface area contributed by atoms with Crippen LogP contribution < -0.4 is 10.6 Å². The predicted molar refractivity (Wildman–Crippen MR) is 115 cm³/mol. The van der Waals surface area contributed by atoms with Gasteiger partial charge in [-0.15, -0.1) is 35.3 Å². The lowest BCUT2D eigenvalue weighted by molar-refractivity contribution is 0.0992. The van der Waals surface area contributed by atoms with Crippen LogP contribution in [0, 0.1) is 5.41 Å². The third-order valence-corrected chi connectivity index (χ3v) is 6.96. The summed E-state index contributed by atoms with van der Waals surface area (Å²) in [7, 11) is 1.85. The number of hydrogen-bond acceptors (Lipinski definition) is 3. The molecule has 0 amide bonds. The van der Waals surface area contributed by atoms with Crippen molar-refractivity contribution >= 4 is 41.3 Å². The molecular weight excluding hydrogens is 445 g/mol. The molecule has 2 fully saturated rings. The average Bonchev–Trinajstić information content (AvgIpc) is 3.24. The lowest BCUT2D eigenvalue weighted by Gasteiger charge is -2.29. The molecule has 4 nitrogen and oxygen atoms in total. The van der Waals surface area contributed by atoms with Crippen LogP contribution in [0.1, 0.15) is 54.8 Å². The van der Waals surface area contributed by atoms with Crippen molar-refractivity contribution in [2.45, 2.75) is 77.2 Å². The second kappa shape index (κ2) is 7.72. The van der Waals surface area contributed by atoms with Gasteiger partial charge in [0.05, 0.1) is 24.8 Å². The van der Waals surface area contributed by atoms with E-state index in [9.17, 15) is 0 Å². The van der Waals surface area contributed by atoms with Gasteiger partial charge in [0.1, 0.15) is 0 Å². The Morgan fingerprint density at radius 1 is 1.40 bits per heavy atom. The number of halogens is 1. The van der Waals surface area contributed by atoms with Crippen LogP contribution in [0.5, 0.6) is 0 Å². The number of nitrogens with zero attached hydrogens (tertiary/aromatic N) is 1. The van der Waals surface area contributed by atoms with Gasteiger partial charge in [-0.1, -0.05) is 13.8 Å². The van der Waals surface area contributed by atoms with Crippen LogP contribution in [0.25, 0.3) is 0 Å². The Bertz CT molecular complexity index is 643. The van der Waals surface area contributed by atoms with E-state index < -0.39 is 0 Å². The first kappa shape index (κ1) is 19.4. The number of fused-ring (bicyclic) bond motifs is 3. The summed E-state index contributed by atoms with van der Waals surface area (Å²) in [6.45, 7) is 5.63. The van der Waals surface area contributed by atoms with Crippen molar-refractivity contribution in [3.05, 3.63) is 21.4 Å². The molecule has 1 aromatic heterocycles.